The van der Waals surface area contributed by atoms with Crippen LogP contribution in [-0.2, 0) is 0 Å². The molecule has 104 valence electrons. The van der Waals surface area contributed by atoms with Crippen molar-refractivity contribution >= 4 is 33.2 Å². The van der Waals surface area contributed by atoms with Gasteiger partial charge in [-0.15, -0.1) is 0 Å². The smallest absolute Gasteiger partial charge is 0.258 e. The molecular formula is C13H8BrF3N2O. The lowest BCUT2D eigenvalue weighted by Gasteiger charge is -2.09. The summed E-state index contributed by atoms with van der Waals surface area (Å²) in [6.07, 6.45) is 0. The summed E-state index contributed by atoms with van der Waals surface area (Å²) in [4.78, 5) is 11.9. The average molecular weight is 345 g/mol. The second-order valence-electron chi connectivity index (χ2n) is 3.93. The van der Waals surface area contributed by atoms with E-state index in [1.807, 2.05) is 5.32 Å². The van der Waals surface area contributed by atoms with Gasteiger partial charge in [0.15, 0.2) is 11.6 Å². The molecule has 0 aliphatic rings. The van der Waals surface area contributed by atoms with Gasteiger partial charge >= 0.3 is 0 Å². The van der Waals surface area contributed by atoms with E-state index in [-0.39, 0.29) is 15.7 Å². The zero-order valence-corrected chi connectivity index (χ0v) is 11.5. The average Bonchev–Trinajstić information content (AvgIpc) is 2.36. The monoisotopic (exact) mass is 344 g/mol. The molecule has 7 heteroatoms. The topological polar surface area (TPSA) is 55.1 Å². The van der Waals surface area contributed by atoms with Crippen LogP contribution in [-0.4, -0.2) is 5.91 Å². The number of hydrogen-bond acceptors (Lipinski definition) is 2. The van der Waals surface area contributed by atoms with Gasteiger partial charge in [0.05, 0.1) is 5.56 Å². The van der Waals surface area contributed by atoms with Gasteiger partial charge in [-0.1, -0.05) is 15.9 Å². The van der Waals surface area contributed by atoms with E-state index in [9.17, 15) is 18.0 Å². The molecule has 3 nitrogen and oxygen atoms in total. The normalized spacial score (nSPS) is 10.4. The van der Waals surface area contributed by atoms with Crippen molar-refractivity contribution in [2.24, 2.45) is 0 Å². The van der Waals surface area contributed by atoms with Gasteiger partial charge in [0, 0.05) is 10.2 Å². The van der Waals surface area contributed by atoms with Crippen LogP contribution < -0.4 is 11.1 Å². The summed E-state index contributed by atoms with van der Waals surface area (Å²) in [6, 6.07) is 5.14. The fourth-order valence-corrected chi connectivity index (χ4v) is 1.97. The van der Waals surface area contributed by atoms with Crippen LogP contribution in [0.15, 0.2) is 34.8 Å². The SMILES string of the molecule is Nc1ccc(F)cc1C(=O)Nc1c(F)cc(Br)cc1F. The summed E-state index contributed by atoms with van der Waals surface area (Å²) >= 11 is 2.92. The minimum Gasteiger partial charge on any atom is -0.398 e. The maximum atomic E-state index is 13.6. The van der Waals surface area contributed by atoms with Crippen LogP contribution in [0.25, 0.3) is 0 Å². The summed E-state index contributed by atoms with van der Waals surface area (Å²) in [5.74, 6) is -3.50. The van der Waals surface area contributed by atoms with Crippen LogP contribution in [0.2, 0.25) is 0 Å². The van der Waals surface area contributed by atoms with Crippen molar-refractivity contribution in [2.45, 2.75) is 0 Å². The van der Waals surface area contributed by atoms with Crippen molar-refractivity contribution < 1.29 is 18.0 Å². The number of carbonyl (C=O) groups is 1. The number of carbonyl (C=O) groups excluding carboxylic acids is 1. The Labute approximate surface area is 120 Å². The van der Waals surface area contributed by atoms with E-state index in [1.54, 1.807) is 0 Å². The minimum absolute atomic E-state index is 0.00169. The fraction of sp³-hybridized carbons (Fsp3) is 0. The lowest BCUT2D eigenvalue weighted by Crippen LogP contribution is -2.16. The van der Waals surface area contributed by atoms with E-state index in [0.29, 0.717) is 0 Å². The first-order valence-corrected chi connectivity index (χ1v) is 6.18. The molecule has 0 saturated heterocycles. The van der Waals surface area contributed by atoms with E-state index in [4.69, 9.17) is 5.73 Å². The molecule has 3 N–H and O–H groups in total. The highest BCUT2D eigenvalue weighted by Crippen LogP contribution is 2.25. The van der Waals surface area contributed by atoms with Crippen molar-refractivity contribution in [1.29, 1.82) is 0 Å². The summed E-state index contributed by atoms with van der Waals surface area (Å²) in [7, 11) is 0. The first kappa shape index (κ1) is 14.4. The van der Waals surface area contributed by atoms with Gasteiger partial charge in [-0.2, -0.15) is 0 Å². The Kier molecular flexibility index (Phi) is 3.99. The predicted molar refractivity (Wildman–Crippen MR) is 72.8 cm³/mol. The Hall–Kier alpha value is -2.02. The van der Waals surface area contributed by atoms with Crippen molar-refractivity contribution in [3.8, 4) is 0 Å². The zero-order valence-electron chi connectivity index (χ0n) is 9.88. The van der Waals surface area contributed by atoms with Crippen LogP contribution in [0.1, 0.15) is 10.4 Å². The third kappa shape index (κ3) is 2.93. The molecule has 0 spiro atoms. The number of nitrogens with one attached hydrogen (secondary N) is 1. The van der Waals surface area contributed by atoms with Crippen molar-refractivity contribution in [2.75, 3.05) is 11.1 Å². The molecule has 0 unspecified atom stereocenters. The highest BCUT2D eigenvalue weighted by molar-refractivity contribution is 9.10. The Morgan fingerprint density at radius 1 is 1.10 bits per heavy atom. The van der Waals surface area contributed by atoms with E-state index in [1.165, 1.54) is 6.07 Å². The number of hydrogen-bond donors (Lipinski definition) is 2. The standard InChI is InChI=1S/C13H8BrF3N2O/c14-6-3-9(16)12(10(17)4-6)19-13(20)8-5-7(15)1-2-11(8)18/h1-5H,18H2,(H,19,20). The third-order valence-corrected chi connectivity index (χ3v) is 2.96. The predicted octanol–water partition coefficient (Wildman–Crippen LogP) is 3.70. The number of anilines is 2. The van der Waals surface area contributed by atoms with Crippen molar-refractivity contribution in [3.63, 3.8) is 0 Å². The molecule has 0 atom stereocenters. The van der Waals surface area contributed by atoms with E-state index in [0.717, 1.165) is 24.3 Å². The number of amides is 1. The number of nitrogen functional groups attached to an aromatic ring is 1. The summed E-state index contributed by atoms with van der Waals surface area (Å²) < 4.78 is 40.4. The van der Waals surface area contributed by atoms with E-state index in [2.05, 4.69) is 15.9 Å². The summed E-state index contributed by atoms with van der Waals surface area (Å²) in [5, 5.41) is 2.03. The van der Waals surface area contributed by atoms with Gasteiger partial charge in [-0.05, 0) is 30.3 Å². The van der Waals surface area contributed by atoms with Crippen LogP contribution in [0.3, 0.4) is 0 Å². The van der Waals surface area contributed by atoms with Gasteiger partial charge in [0.25, 0.3) is 5.91 Å². The highest BCUT2D eigenvalue weighted by Gasteiger charge is 2.17. The fourth-order valence-electron chi connectivity index (χ4n) is 1.57. The minimum atomic E-state index is -0.958. The summed E-state index contributed by atoms with van der Waals surface area (Å²) in [6.45, 7) is 0. The first-order valence-electron chi connectivity index (χ1n) is 5.39. The molecule has 0 aliphatic carbocycles. The molecule has 0 aromatic heterocycles. The number of halogens is 4. The molecule has 0 bridgehead atoms. The molecule has 0 heterocycles. The maximum absolute atomic E-state index is 13.6. The highest BCUT2D eigenvalue weighted by atomic mass is 79.9. The quantitative estimate of drug-likeness (QED) is 0.816. The number of nitrogens with two attached hydrogens (primary N) is 1. The largest absolute Gasteiger partial charge is 0.398 e. The van der Waals surface area contributed by atoms with Crippen LogP contribution >= 0.6 is 15.9 Å². The summed E-state index contributed by atoms with van der Waals surface area (Å²) in [5.41, 5.74) is 4.70. The Morgan fingerprint density at radius 2 is 1.70 bits per heavy atom. The Balaban J connectivity index is 2.35. The molecule has 1 amide bonds. The van der Waals surface area contributed by atoms with Gasteiger partial charge in [-0.25, -0.2) is 13.2 Å². The van der Waals surface area contributed by atoms with E-state index >= 15 is 0 Å². The first-order chi connectivity index (χ1) is 9.38. The lowest BCUT2D eigenvalue weighted by molar-refractivity contribution is 0.102. The van der Waals surface area contributed by atoms with Crippen LogP contribution in [0.4, 0.5) is 24.5 Å². The Bertz CT molecular complexity index is 668. The molecule has 0 aliphatic heterocycles. The molecule has 0 saturated carbocycles. The van der Waals surface area contributed by atoms with Crippen molar-refractivity contribution in [3.05, 3.63) is 57.8 Å². The van der Waals surface area contributed by atoms with Crippen molar-refractivity contribution in [1.82, 2.24) is 0 Å². The Morgan fingerprint density at radius 3 is 2.30 bits per heavy atom. The van der Waals surface area contributed by atoms with Crippen LogP contribution in [0, 0.1) is 17.5 Å². The van der Waals surface area contributed by atoms with Gasteiger partial charge in [0.1, 0.15) is 11.5 Å². The molecule has 2 aromatic rings. The number of rotatable bonds is 2. The maximum Gasteiger partial charge on any atom is 0.258 e. The van der Waals surface area contributed by atoms with Gasteiger partial charge in [-0.3, -0.25) is 4.79 Å². The second kappa shape index (κ2) is 5.54. The molecule has 2 aromatic carbocycles. The second-order valence-corrected chi connectivity index (χ2v) is 4.85. The molecule has 0 radical (unpaired) electrons. The van der Waals surface area contributed by atoms with Crippen LogP contribution in [0.5, 0.6) is 0 Å². The molecule has 2 rings (SSSR count). The lowest BCUT2D eigenvalue weighted by atomic mass is 10.1. The zero-order chi connectivity index (χ0) is 14.9. The molecule has 20 heavy (non-hydrogen) atoms. The number of benzene rings is 2. The van der Waals surface area contributed by atoms with Gasteiger partial charge < -0.3 is 11.1 Å². The molecular weight excluding hydrogens is 337 g/mol. The molecule has 0 fully saturated rings. The van der Waals surface area contributed by atoms with E-state index < -0.39 is 29.0 Å². The van der Waals surface area contributed by atoms with Gasteiger partial charge in [0.2, 0.25) is 0 Å². The third-order valence-electron chi connectivity index (χ3n) is 2.51.